The second-order valence-corrected chi connectivity index (χ2v) is 8.17. The van der Waals surface area contributed by atoms with Gasteiger partial charge in [-0.1, -0.05) is 17.3 Å². The topological polar surface area (TPSA) is 99.2 Å². The van der Waals surface area contributed by atoms with Crippen LogP contribution in [-0.2, 0) is 7.05 Å². The summed E-state index contributed by atoms with van der Waals surface area (Å²) in [5.41, 5.74) is 1.05. The van der Waals surface area contributed by atoms with Gasteiger partial charge in [-0.3, -0.25) is 14.3 Å². The molecule has 0 amide bonds. The standard InChI is InChI=1S/C24H23FN6O3/c1-30-21(32)12-20(18-8-9-26-13-19(18)25)27-24(30)31-10-4-6-16(14-31)23-28-22(29-34-23)15-5-3-7-17(11-15)33-2/h3,5,7-9,11-13,16H,4,6,10,14H2,1-2H3. The number of benzene rings is 1. The minimum atomic E-state index is -0.526. The van der Waals surface area contributed by atoms with Crippen molar-refractivity contribution < 1.29 is 13.7 Å². The van der Waals surface area contributed by atoms with Gasteiger partial charge in [-0.05, 0) is 31.0 Å². The maximum absolute atomic E-state index is 14.3. The maximum atomic E-state index is 14.3. The van der Waals surface area contributed by atoms with Crippen molar-refractivity contribution in [2.75, 3.05) is 25.1 Å². The van der Waals surface area contributed by atoms with E-state index in [0.717, 1.165) is 24.6 Å². The highest BCUT2D eigenvalue weighted by Crippen LogP contribution is 2.31. The van der Waals surface area contributed by atoms with Crippen LogP contribution in [0.2, 0.25) is 0 Å². The van der Waals surface area contributed by atoms with Crippen LogP contribution in [0.15, 0.2) is 58.1 Å². The fourth-order valence-corrected chi connectivity index (χ4v) is 4.17. The molecule has 0 saturated carbocycles. The number of ether oxygens (including phenoxy) is 1. The molecule has 0 radical (unpaired) electrons. The van der Waals surface area contributed by atoms with Crippen molar-refractivity contribution in [1.82, 2.24) is 24.7 Å². The molecule has 0 aliphatic carbocycles. The highest BCUT2D eigenvalue weighted by molar-refractivity contribution is 5.60. The van der Waals surface area contributed by atoms with E-state index in [4.69, 9.17) is 9.26 Å². The molecule has 4 heterocycles. The number of piperidine rings is 1. The molecule has 0 N–H and O–H groups in total. The lowest BCUT2D eigenvalue weighted by Crippen LogP contribution is -2.38. The maximum Gasteiger partial charge on any atom is 0.255 e. The molecule has 1 saturated heterocycles. The van der Waals surface area contributed by atoms with E-state index in [1.54, 1.807) is 14.2 Å². The van der Waals surface area contributed by atoms with Gasteiger partial charge in [0.05, 0.1) is 24.9 Å². The average molecular weight is 462 g/mol. The molecule has 1 fully saturated rings. The lowest BCUT2D eigenvalue weighted by Gasteiger charge is -2.32. The minimum Gasteiger partial charge on any atom is -0.497 e. The summed E-state index contributed by atoms with van der Waals surface area (Å²) >= 11 is 0. The van der Waals surface area contributed by atoms with E-state index >= 15 is 0 Å². The summed E-state index contributed by atoms with van der Waals surface area (Å²) < 4.78 is 26.6. The zero-order valence-electron chi connectivity index (χ0n) is 18.8. The van der Waals surface area contributed by atoms with Gasteiger partial charge in [-0.25, -0.2) is 9.37 Å². The Morgan fingerprint density at radius 1 is 1.21 bits per heavy atom. The van der Waals surface area contributed by atoms with Gasteiger partial charge in [-0.15, -0.1) is 0 Å². The van der Waals surface area contributed by atoms with Gasteiger partial charge in [0.1, 0.15) is 5.75 Å². The first-order chi connectivity index (χ1) is 16.5. The van der Waals surface area contributed by atoms with Gasteiger partial charge in [0.2, 0.25) is 17.7 Å². The summed E-state index contributed by atoms with van der Waals surface area (Å²) in [6, 6.07) is 10.3. The second kappa shape index (κ2) is 9.05. The molecule has 1 atom stereocenters. The Morgan fingerprint density at radius 3 is 2.91 bits per heavy atom. The van der Waals surface area contributed by atoms with Crippen LogP contribution in [0.25, 0.3) is 22.6 Å². The number of methoxy groups -OCH3 is 1. The number of halogens is 1. The van der Waals surface area contributed by atoms with E-state index < -0.39 is 5.82 Å². The van der Waals surface area contributed by atoms with Gasteiger partial charge < -0.3 is 14.2 Å². The van der Waals surface area contributed by atoms with Crippen LogP contribution in [0.1, 0.15) is 24.7 Å². The largest absolute Gasteiger partial charge is 0.497 e. The minimum absolute atomic E-state index is 0.0289. The third-order valence-electron chi connectivity index (χ3n) is 5.98. The Kier molecular flexibility index (Phi) is 5.79. The first-order valence-corrected chi connectivity index (χ1v) is 10.9. The normalized spacial score (nSPS) is 16.0. The Labute approximate surface area is 194 Å². The molecule has 3 aromatic heterocycles. The molecule has 1 aliphatic heterocycles. The molecule has 4 aromatic rings. The SMILES string of the molecule is COc1cccc(-c2noc(C3CCCN(c4nc(-c5ccncc5F)cc(=O)n4C)C3)n2)c1. The monoisotopic (exact) mass is 462 g/mol. The summed E-state index contributed by atoms with van der Waals surface area (Å²) in [4.78, 5) is 27.7. The van der Waals surface area contributed by atoms with Crippen LogP contribution in [0, 0.1) is 5.82 Å². The number of rotatable bonds is 5. The third kappa shape index (κ3) is 4.14. The number of hydrogen-bond acceptors (Lipinski definition) is 8. The Morgan fingerprint density at radius 2 is 2.09 bits per heavy atom. The van der Waals surface area contributed by atoms with E-state index in [0.29, 0.717) is 36.5 Å². The van der Waals surface area contributed by atoms with Crippen LogP contribution < -0.4 is 15.2 Å². The molecule has 1 aromatic carbocycles. The van der Waals surface area contributed by atoms with Crippen molar-refractivity contribution in [1.29, 1.82) is 0 Å². The summed E-state index contributed by atoms with van der Waals surface area (Å²) in [7, 11) is 3.27. The Hall–Kier alpha value is -4.08. The molecule has 5 rings (SSSR count). The molecule has 10 heteroatoms. The molecular formula is C24H23FN6O3. The van der Waals surface area contributed by atoms with Crippen molar-refractivity contribution in [3.05, 3.63) is 70.9 Å². The fraction of sp³-hybridized carbons (Fsp3) is 0.292. The van der Waals surface area contributed by atoms with Crippen LogP contribution >= 0.6 is 0 Å². The average Bonchev–Trinajstić information content (AvgIpc) is 3.37. The van der Waals surface area contributed by atoms with Gasteiger partial charge in [-0.2, -0.15) is 4.98 Å². The molecular weight excluding hydrogens is 439 g/mol. The summed E-state index contributed by atoms with van der Waals surface area (Å²) in [6.45, 7) is 1.25. The number of hydrogen-bond donors (Lipinski definition) is 0. The van der Waals surface area contributed by atoms with Crippen LogP contribution in [0.5, 0.6) is 5.75 Å². The van der Waals surface area contributed by atoms with Gasteiger partial charge in [0.25, 0.3) is 5.56 Å². The molecule has 1 unspecified atom stereocenters. The van der Waals surface area contributed by atoms with E-state index in [1.165, 1.54) is 22.9 Å². The van der Waals surface area contributed by atoms with E-state index in [-0.39, 0.29) is 22.7 Å². The molecule has 0 spiro atoms. The number of nitrogens with zero attached hydrogens (tertiary/aromatic N) is 6. The van der Waals surface area contributed by atoms with Gasteiger partial charge >= 0.3 is 0 Å². The quantitative estimate of drug-likeness (QED) is 0.445. The summed E-state index contributed by atoms with van der Waals surface area (Å²) in [6.07, 6.45) is 4.30. The lowest BCUT2D eigenvalue weighted by atomic mass is 9.98. The zero-order chi connectivity index (χ0) is 23.7. The van der Waals surface area contributed by atoms with Crippen LogP contribution in [-0.4, -0.2) is 44.9 Å². The number of pyridine rings is 1. The van der Waals surface area contributed by atoms with E-state index in [2.05, 4.69) is 20.1 Å². The van der Waals surface area contributed by atoms with Gasteiger partial charge in [0.15, 0.2) is 5.82 Å². The van der Waals surface area contributed by atoms with Crippen molar-refractivity contribution in [2.24, 2.45) is 7.05 Å². The fourth-order valence-electron chi connectivity index (χ4n) is 4.17. The molecule has 0 bridgehead atoms. The predicted octanol–water partition coefficient (Wildman–Crippen LogP) is 3.42. The van der Waals surface area contributed by atoms with Crippen LogP contribution in [0.4, 0.5) is 10.3 Å². The molecule has 174 valence electrons. The first kappa shape index (κ1) is 21.7. The number of aromatic nitrogens is 5. The first-order valence-electron chi connectivity index (χ1n) is 10.9. The zero-order valence-corrected chi connectivity index (χ0v) is 18.8. The van der Waals surface area contributed by atoms with Crippen molar-refractivity contribution in [2.45, 2.75) is 18.8 Å². The molecule has 9 nitrogen and oxygen atoms in total. The van der Waals surface area contributed by atoms with Crippen molar-refractivity contribution in [3.8, 4) is 28.4 Å². The van der Waals surface area contributed by atoms with E-state index in [9.17, 15) is 9.18 Å². The number of anilines is 1. The highest BCUT2D eigenvalue weighted by atomic mass is 19.1. The van der Waals surface area contributed by atoms with Crippen molar-refractivity contribution in [3.63, 3.8) is 0 Å². The molecule has 34 heavy (non-hydrogen) atoms. The molecule has 1 aliphatic rings. The lowest BCUT2D eigenvalue weighted by molar-refractivity contribution is 0.332. The summed E-state index contributed by atoms with van der Waals surface area (Å²) in [5.74, 6) is 1.65. The van der Waals surface area contributed by atoms with Crippen LogP contribution in [0.3, 0.4) is 0 Å². The summed E-state index contributed by atoms with van der Waals surface area (Å²) in [5, 5.41) is 4.15. The third-order valence-corrected chi connectivity index (χ3v) is 5.98. The van der Waals surface area contributed by atoms with E-state index in [1.807, 2.05) is 29.2 Å². The Balaban J connectivity index is 1.43. The smallest absolute Gasteiger partial charge is 0.255 e. The second-order valence-electron chi connectivity index (χ2n) is 8.17. The predicted molar refractivity (Wildman–Crippen MR) is 123 cm³/mol. The van der Waals surface area contributed by atoms with Crippen molar-refractivity contribution >= 4 is 5.95 Å². The Bertz CT molecular complexity index is 1390. The van der Waals surface area contributed by atoms with Gasteiger partial charge in [0, 0.05) is 43.5 Å². The highest BCUT2D eigenvalue weighted by Gasteiger charge is 2.28.